The predicted octanol–water partition coefficient (Wildman–Crippen LogP) is 27.8. The Labute approximate surface area is 798 Å². The first kappa shape index (κ1) is 127. The van der Waals surface area contributed by atoms with Gasteiger partial charge in [0.15, 0.2) is 0 Å². The number of hydrogen-bond acceptors (Lipinski definition) is 21. The Bertz CT molecular complexity index is 4540. The van der Waals surface area contributed by atoms with Crippen molar-refractivity contribution in [3.8, 4) is 51.7 Å². The molecule has 0 aliphatic rings. The van der Waals surface area contributed by atoms with Crippen LogP contribution >= 0.6 is 0 Å². The van der Waals surface area contributed by atoms with Gasteiger partial charge < -0.3 is 80.5 Å². The minimum absolute atomic E-state index is 0. The Balaban J connectivity index is 0. The van der Waals surface area contributed by atoms with Gasteiger partial charge in [-0.2, -0.15) is 13.2 Å². The zero-order chi connectivity index (χ0) is 96.1. The van der Waals surface area contributed by atoms with Crippen molar-refractivity contribution in [3.05, 3.63) is 255 Å². The number of methoxy groups -OCH3 is 3. The van der Waals surface area contributed by atoms with Gasteiger partial charge in [0.1, 0.15) is 156 Å². The molecular weight excluding hydrogens is 1790 g/mol. The molecule has 136 heavy (non-hydrogen) atoms. The third-order valence-electron chi connectivity index (χ3n) is 20.3. The molecule has 0 saturated carbocycles. The quantitative estimate of drug-likeness (QED) is 0.0114. The maximum absolute atomic E-state index is 14.3. The Morgan fingerprint density at radius 1 is 0.368 bits per heavy atom. The number of halogens is 11. The maximum atomic E-state index is 14.3. The van der Waals surface area contributed by atoms with Crippen LogP contribution in [0.1, 0.15) is 232 Å². The van der Waals surface area contributed by atoms with Crippen LogP contribution in [-0.4, -0.2) is 112 Å². The van der Waals surface area contributed by atoms with Gasteiger partial charge in [0.25, 0.3) is 0 Å². The second-order valence-electron chi connectivity index (χ2n) is 30.6. The molecule has 764 valence electrons. The average Bonchev–Trinajstić information content (AvgIpc) is 1.77. The summed E-state index contributed by atoms with van der Waals surface area (Å²) < 4.78 is 244. The lowest BCUT2D eigenvalue weighted by Gasteiger charge is -2.23. The van der Waals surface area contributed by atoms with E-state index in [4.69, 9.17) is 80.5 Å². The lowest BCUT2D eigenvalue weighted by molar-refractivity contribution is -0.330. The number of para-hydroxylation sites is 1. The van der Waals surface area contributed by atoms with E-state index in [-0.39, 0.29) is 212 Å². The lowest BCUT2D eigenvalue weighted by Crippen LogP contribution is -2.17. The highest BCUT2D eigenvalue weighted by molar-refractivity contribution is 5.66. The van der Waals surface area contributed by atoms with Crippen molar-refractivity contribution in [2.75, 3.05) is 87.8 Å². The molecule has 2 unspecified atom stereocenters. The Hall–Kier alpha value is -11.0. The Morgan fingerprint density at radius 2 is 0.676 bits per heavy atom. The van der Waals surface area contributed by atoms with Crippen LogP contribution in [0.15, 0.2) is 177 Å². The zero-order valence-electron chi connectivity index (χ0n) is 76.4. The summed E-state index contributed by atoms with van der Waals surface area (Å²) in [6, 6.07) is 42.8. The fourth-order valence-electron chi connectivity index (χ4n) is 12.0. The van der Waals surface area contributed by atoms with E-state index in [0.717, 1.165) is 55.0 Å². The van der Waals surface area contributed by atoms with Gasteiger partial charge in [-0.05, 0) is 157 Å². The summed E-state index contributed by atoms with van der Waals surface area (Å²) in [6.45, 7) is 29.6. The number of ether oxygens (including phenoxy) is 19. The highest BCUT2D eigenvalue weighted by Crippen LogP contribution is 2.40. The van der Waals surface area contributed by atoms with Gasteiger partial charge in [0, 0.05) is 72.6 Å². The fraction of sp³-hybridized carbons (Fsp3) is 0.481. The molecule has 0 N–H and O–H groups in total. The van der Waals surface area contributed by atoms with Crippen LogP contribution in [0.2, 0.25) is 0 Å². The summed E-state index contributed by atoms with van der Waals surface area (Å²) in [7, 11) is 4.06. The summed E-state index contributed by atoms with van der Waals surface area (Å²) >= 11 is 0. The number of carbonyl (C=O) groups is 2. The number of benzene rings is 8. The molecule has 0 aromatic heterocycles. The number of esters is 2. The van der Waals surface area contributed by atoms with E-state index in [9.17, 15) is 57.9 Å². The van der Waals surface area contributed by atoms with Crippen molar-refractivity contribution >= 4 is 11.9 Å². The fourth-order valence-corrected chi connectivity index (χ4v) is 12.0. The van der Waals surface area contributed by atoms with Crippen LogP contribution in [0.4, 0.5) is 48.3 Å². The smallest absolute Gasteiger partial charge is 0.497 e. The van der Waals surface area contributed by atoms with Gasteiger partial charge in [0.2, 0.25) is 0 Å². The van der Waals surface area contributed by atoms with Gasteiger partial charge in [-0.25, -0.2) is 8.78 Å². The molecule has 0 heterocycles. The van der Waals surface area contributed by atoms with Crippen molar-refractivity contribution in [2.45, 2.75) is 248 Å². The third kappa shape index (κ3) is 45.7. The van der Waals surface area contributed by atoms with Gasteiger partial charge in [-0.1, -0.05) is 187 Å². The molecule has 0 spiro atoms. The largest absolute Gasteiger partial charge is 0.522 e. The molecule has 21 nitrogen and oxygen atoms in total. The van der Waals surface area contributed by atoms with Gasteiger partial charge >= 0.3 is 30.8 Å². The Kier molecular flexibility index (Phi) is 59.9. The van der Waals surface area contributed by atoms with Gasteiger partial charge in [-0.3, -0.25) is 19.1 Å². The summed E-state index contributed by atoms with van der Waals surface area (Å²) in [5, 5.41) is 0. The number of alkyl halides is 10. The molecule has 0 amide bonds. The molecule has 32 heteroatoms. The first-order chi connectivity index (χ1) is 61.7. The van der Waals surface area contributed by atoms with E-state index < -0.39 is 43.3 Å². The zero-order valence-corrected chi connectivity index (χ0v) is 76.4. The molecule has 8 rings (SSSR count). The summed E-state index contributed by atoms with van der Waals surface area (Å²) in [5.74, 6) is 3.00. The molecule has 0 radical (unpaired) electrons. The normalized spacial score (nSPS) is 11.6. The SMILES string of the molecule is C.C.C.C.C.C.C=COCc1cc(F)cc(COC=C)c1OCCOc1ccc(C(C)(C)CC)cc1.CCC(C)(C)c1ccc(OCCOc2c(COCOC)cc(C(F)(F)F)cc2COCOC)cc1.CCC(C)(F)c1ccc(OCCOc2c(COC(F)(F)F)cc(OC)cc2COC(F)(F)F)cc1.CCC(C)c1ccc(OCCOc2c(COC(C)=O)cccc2COC(C)=O)cc1. The molecule has 2 atom stereocenters. The first-order valence-corrected chi connectivity index (χ1v) is 41.9. The average molecular weight is 1940 g/mol. The number of carbonyl (C=O) groups excluding carboxylic acids is 2. The van der Waals surface area contributed by atoms with E-state index >= 15 is 0 Å². The maximum Gasteiger partial charge on any atom is 0.522 e. The molecule has 0 aliphatic carbocycles. The van der Waals surface area contributed by atoms with Gasteiger partial charge in [-0.15, -0.1) is 26.3 Å². The molecule has 0 aliphatic heterocycles. The van der Waals surface area contributed by atoms with Crippen LogP contribution in [0.5, 0.6) is 51.7 Å². The standard InChI is InChI=1S/C26H35F3O6.C25H31FO4.C24H30O6.C23H25F7O5.6CH4/c1-6-25(2,3)21-7-9-23(10-8-21)34-11-12-35-24-19(15-32-17-30-4)13-22(26(27,28)29)14-20(24)16-33-18-31-5;1-6-25(4,5)21-9-11-23(12-10-21)29-13-14-30-24-19(17-27-7-2)15-22(26)16-20(24)18-28-8-3;1-5-17(2)20-9-11-23(12-10-20)27-13-14-28-24-21(15-29-18(3)25)7-6-8-22(24)16-30-19(4)26;1-4-21(2,24)17-5-7-18(8-6-17)32-9-10-33-20-15(13-34-22(25,26)27)11-19(31-3)12-16(20)14-35-23(28,29)30;;;;;;/h7-10,13-14H,6,11-12,15-18H2,1-5H3;7-12,15-16H,2-3,6,13-14,17-18H2,1,4-5H3;6-12,17H,5,13-16H2,1-4H3;5-8,11-12H,4,9-10,13-14H2,1-3H3;6*1H4. The molecule has 0 fully saturated rings. The Morgan fingerprint density at radius 3 is 0.963 bits per heavy atom. The number of hydrogen-bond donors (Lipinski definition) is 0. The van der Waals surface area contributed by atoms with Gasteiger partial charge in [0.05, 0.1) is 51.6 Å². The molecular formula is C104H145F11O21. The minimum atomic E-state index is -4.98. The van der Waals surface area contributed by atoms with Crippen molar-refractivity contribution in [1.82, 2.24) is 0 Å². The molecule has 8 aromatic rings. The van der Waals surface area contributed by atoms with Crippen LogP contribution in [-0.2, 0) is 132 Å². The molecule has 0 saturated heterocycles. The van der Waals surface area contributed by atoms with E-state index in [1.165, 1.54) is 83.4 Å². The van der Waals surface area contributed by atoms with Crippen LogP contribution < -0.4 is 42.6 Å². The van der Waals surface area contributed by atoms with E-state index in [0.29, 0.717) is 69.9 Å². The highest BCUT2D eigenvalue weighted by Gasteiger charge is 2.35. The molecule has 0 bridgehead atoms. The topological polar surface area (TPSA) is 210 Å². The third-order valence-corrected chi connectivity index (χ3v) is 20.3. The van der Waals surface area contributed by atoms with Crippen molar-refractivity contribution in [2.24, 2.45) is 0 Å². The van der Waals surface area contributed by atoms with Crippen molar-refractivity contribution in [3.63, 3.8) is 0 Å². The van der Waals surface area contributed by atoms with E-state index in [1.807, 2.05) is 60.7 Å². The lowest BCUT2D eigenvalue weighted by atomic mass is 9.82. The molecule has 8 aromatic carbocycles. The predicted molar refractivity (Wildman–Crippen MR) is 507 cm³/mol. The second-order valence-corrected chi connectivity index (χ2v) is 30.6. The van der Waals surface area contributed by atoms with Crippen molar-refractivity contribution < 1.29 is 148 Å². The monoisotopic (exact) mass is 1940 g/mol. The van der Waals surface area contributed by atoms with Crippen LogP contribution in [0.25, 0.3) is 0 Å². The first-order valence-electron chi connectivity index (χ1n) is 41.9. The second kappa shape index (κ2) is 64.1. The highest BCUT2D eigenvalue weighted by atomic mass is 19.4. The number of rotatable bonds is 51. The summed E-state index contributed by atoms with van der Waals surface area (Å²) in [5.41, 5.74) is 4.76. The summed E-state index contributed by atoms with van der Waals surface area (Å²) in [4.78, 5) is 22.4. The van der Waals surface area contributed by atoms with E-state index in [1.54, 1.807) is 37.3 Å². The van der Waals surface area contributed by atoms with E-state index in [2.05, 4.69) is 102 Å². The summed E-state index contributed by atoms with van der Waals surface area (Å²) in [6.07, 6.45) is -8.43. The minimum Gasteiger partial charge on any atom is -0.497 e. The van der Waals surface area contributed by atoms with Crippen LogP contribution in [0.3, 0.4) is 0 Å². The van der Waals surface area contributed by atoms with Crippen molar-refractivity contribution in [1.29, 1.82) is 0 Å². The van der Waals surface area contributed by atoms with Crippen LogP contribution in [0, 0.1) is 5.82 Å².